The fourth-order valence-electron chi connectivity index (χ4n) is 2.06. The SMILES string of the molecule is Cc1ccc(-c2cc(O)c(C)c(O)c2O)c(C)c1. The van der Waals surface area contributed by atoms with Gasteiger partial charge in [-0.1, -0.05) is 23.8 Å². The molecule has 0 fully saturated rings. The fourth-order valence-corrected chi connectivity index (χ4v) is 2.06. The summed E-state index contributed by atoms with van der Waals surface area (Å²) >= 11 is 0. The van der Waals surface area contributed by atoms with Crippen LogP contribution in [0.5, 0.6) is 17.2 Å². The second kappa shape index (κ2) is 4.26. The third-order valence-corrected chi connectivity index (χ3v) is 3.17. The van der Waals surface area contributed by atoms with Gasteiger partial charge in [0.15, 0.2) is 11.5 Å². The van der Waals surface area contributed by atoms with E-state index in [-0.39, 0.29) is 22.8 Å². The Morgan fingerprint density at radius 2 is 1.44 bits per heavy atom. The molecule has 0 saturated carbocycles. The minimum Gasteiger partial charge on any atom is -0.508 e. The second-order valence-corrected chi connectivity index (χ2v) is 4.58. The Balaban J connectivity index is 2.72. The largest absolute Gasteiger partial charge is 0.508 e. The average Bonchev–Trinajstić information content (AvgIpc) is 2.32. The predicted molar refractivity (Wildman–Crippen MR) is 71.1 cm³/mol. The van der Waals surface area contributed by atoms with Gasteiger partial charge in [-0.25, -0.2) is 0 Å². The highest BCUT2D eigenvalue weighted by Gasteiger charge is 2.16. The lowest BCUT2D eigenvalue weighted by Gasteiger charge is -2.13. The summed E-state index contributed by atoms with van der Waals surface area (Å²) in [6, 6.07) is 7.26. The third kappa shape index (κ3) is 1.88. The van der Waals surface area contributed by atoms with Gasteiger partial charge < -0.3 is 15.3 Å². The number of hydrogen-bond acceptors (Lipinski definition) is 3. The maximum absolute atomic E-state index is 9.99. The first-order valence-electron chi connectivity index (χ1n) is 5.74. The Hall–Kier alpha value is -2.16. The van der Waals surface area contributed by atoms with Crippen molar-refractivity contribution in [3.8, 4) is 28.4 Å². The van der Waals surface area contributed by atoms with Crippen LogP contribution < -0.4 is 0 Å². The molecule has 0 aliphatic carbocycles. The monoisotopic (exact) mass is 244 g/mol. The van der Waals surface area contributed by atoms with E-state index in [1.54, 1.807) is 6.92 Å². The molecular weight excluding hydrogens is 228 g/mol. The van der Waals surface area contributed by atoms with Crippen LogP contribution in [0.25, 0.3) is 11.1 Å². The lowest BCUT2D eigenvalue weighted by molar-refractivity contribution is 0.393. The van der Waals surface area contributed by atoms with Gasteiger partial charge in [0.1, 0.15) is 5.75 Å². The van der Waals surface area contributed by atoms with Crippen LogP contribution in [0.2, 0.25) is 0 Å². The number of aromatic hydroxyl groups is 3. The van der Waals surface area contributed by atoms with Crippen LogP contribution in [0.15, 0.2) is 24.3 Å². The second-order valence-electron chi connectivity index (χ2n) is 4.58. The summed E-state index contributed by atoms with van der Waals surface area (Å²) in [4.78, 5) is 0. The molecule has 0 aliphatic heterocycles. The van der Waals surface area contributed by atoms with Gasteiger partial charge in [0.2, 0.25) is 0 Å². The summed E-state index contributed by atoms with van der Waals surface area (Å²) in [7, 11) is 0. The standard InChI is InChI=1S/C15H16O3/c1-8-4-5-11(9(2)6-8)12-7-13(16)10(3)14(17)15(12)18/h4-7,16-18H,1-3H3. The smallest absolute Gasteiger partial charge is 0.166 e. The molecule has 0 spiro atoms. The Morgan fingerprint density at radius 3 is 2.06 bits per heavy atom. The van der Waals surface area contributed by atoms with Gasteiger partial charge in [-0.3, -0.25) is 0 Å². The van der Waals surface area contributed by atoms with Gasteiger partial charge in [-0.2, -0.15) is 0 Å². The molecule has 0 unspecified atom stereocenters. The van der Waals surface area contributed by atoms with Crippen LogP contribution in [0.4, 0.5) is 0 Å². The highest BCUT2D eigenvalue weighted by atomic mass is 16.3. The van der Waals surface area contributed by atoms with Crippen molar-refractivity contribution in [2.45, 2.75) is 20.8 Å². The number of aryl methyl sites for hydroxylation is 2. The molecule has 2 aromatic carbocycles. The first-order chi connectivity index (χ1) is 8.41. The van der Waals surface area contributed by atoms with Crippen molar-refractivity contribution >= 4 is 0 Å². The maximum Gasteiger partial charge on any atom is 0.166 e. The molecule has 3 heteroatoms. The average molecular weight is 244 g/mol. The summed E-state index contributed by atoms with van der Waals surface area (Å²) in [5.74, 6) is -0.498. The van der Waals surface area contributed by atoms with Crippen molar-refractivity contribution in [2.24, 2.45) is 0 Å². The zero-order valence-electron chi connectivity index (χ0n) is 10.7. The summed E-state index contributed by atoms with van der Waals surface area (Å²) in [5, 5.41) is 29.5. The zero-order chi connectivity index (χ0) is 13.4. The van der Waals surface area contributed by atoms with Crippen LogP contribution >= 0.6 is 0 Å². The van der Waals surface area contributed by atoms with E-state index in [9.17, 15) is 15.3 Å². The van der Waals surface area contributed by atoms with Crippen molar-refractivity contribution < 1.29 is 15.3 Å². The van der Waals surface area contributed by atoms with Crippen molar-refractivity contribution in [2.75, 3.05) is 0 Å². The summed E-state index contributed by atoms with van der Waals surface area (Å²) < 4.78 is 0. The van der Waals surface area contributed by atoms with Crippen molar-refractivity contribution in [1.82, 2.24) is 0 Å². The Kier molecular flexibility index (Phi) is 2.91. The van der Waals surface area contributed by atoms with Gasteiger partial charge in [-0.15, -0.1) is 0 Å². The molecule has 3 nitrogen and oxygen atoms in total. The van der Waals surface area contributed by atoms with Gasteiger partial charge >= 0.3 is 0 Å². The van der Waals surface area contributed by atoms with E-state index in [1.165, 1.54) is 6.07 Å². The van der Waals surface area contributed by atoms with Crippen molar-refractivity contribution in [3.63, 3.8) is 0 Å². The molecule has 0 amide bonds. The van der Waals surface area contributed by atoms with Gasteiger partial charge in [-0.05, 0) is 38.0 Å². The highest BCUT2D eigenvalue weighted by Crippen LogP contribution is 2.43. The molecule has 0 atom stereocenters. The zero-order valence-corrected chi connectivity index (χ0v) is 10.7. The van der Waals surface area contributed by atoms with Crippen LogP contribution in [0.1, 0.15) is 16.7 Å². The van der Waals surface area contributed by atoms with Gasteiger partial charge in [0.05, 0.1) is 0 Å². The number of phenols is 3. The predicted octanol–water partition coefficient (Wildman–Crippen LogP) is 3.40. The third-order valence-electron chi connectivity index (χ3n) is 3.17. The number of benzene rings is 2. The molecular formula is C15H16O3. The Morgan fingerprint density at radius 1 is 0.778 bits per heavy atom. The molecule has 0 bridgehead atoms. The lowest BCUT2D eigenvalue weighted by atomic mass is 9.96. The molecule has 0 radical (unpaired) electrons. The van der Waals surface area contributed by atoms with Crippen LogP contribution in [-0.2, 0) is 0 Å². The molecule has 2 rings (SSSR count). The first-order valence-corrected chi connectivity index (χ1v) is 5.74. The Labute approximate surface area is 106 Å². The normalized spacial score (nSPS) is 10.6. The maximum atomic E-state index is 9.99. The molecule has 2 aromatic rings. The molecule has 0 aliphatic rings. The number of hydrogen-bond donors (Lipinski definition) is 3. The van der Waals surface area contributed by atoms with E-state index in [0.29, 0.717) is 5.56 Å². The minimum atomic E-state index is -0.273. The lowest BCUT2D eigenvalue weighted by Crippen LogP contribution is -1.88. The van der Waals surface area contributed by atoms with E-state index in [1.807, 2.05) is 32.0 Å². The van der Waals surface area contributed by atoms with Crippen LogP contribution in [0.3, 0.4) is 0 Å². The molecule has 0 saturated heterocycles. The topological polar surface area (TPSA) is 60.7 Å². The number of rotatable bonds is 1. The molecule has 3 N–H and O–H groups in total. The number of phenolic OH excluding ortho intramolecular Hbond substituents is 3. The highest BCUT2D eigenvalue weighted by molar-refractivity contribution is 5.78. The summed E-state index contributed by atoms with van der Waals surface area (Å²) in [6.45, 7) is 5.46. The van der Waals surface area contributed by atoms with E-state index in [2.05, 4.69) is 0 Å². The summed E-state index contributed by atoms with van der Waals surface area (Å²) in [6.07, 6.45) is 0. The van der Waals surface area contributed by atoms with Gasteiger partial charge in [0.25, 0.3) is 0 Å². The minimum absolute atomic E-state index is 0.0275. The fraction of sp³-hybridized carbons (Fsp3) is 0.200. The van der Waals surface area contributed by atoms with Crippen molar-refractivity contribution in [3.05, 3.63) is 41.0 Å². The molecule has 0 heterocycles. The van der Waals surface area contributed by atoms with E-state index in [4.69, 9.17) is 0 Å². The Bertz CT molecular complexity index is 616. The molecule has 94 valence electrons. The van der Waals surface area contributed by atoms with Crippen molar-refractivity contribution in [1.29, 1.82) is 0 Å². The quantitative estimate of drug-likeness (QED) is 0.532. The van der Waals surface area contributed by atoms with E-state index < -0.39 is 0 Å². The van der Waals surface area contributed by atoms with Gasteiger partial charge in [0, 0.05) is 11.1 Å². The van der Waals surface area contributed by atoms with Crippen LogP contribution in [0, 0.1) is 20.8 Å². The summed E-state index contributed by atoms with van der Waals surface area (Å²) in [5.41, 5.74) is 3.61. The van der Waals surface area contributed by atoms with E-state index in [0.717, 1.165) is 16.7 Å². The molecule has 18 heavy (non-hydrogen) atoms. The molecule has 0 aromatic heterocycles. The van der Waals surface area contributed by atoms with E-state index >= 15 is 0 Å². The van der Waals surface area contributed by atoms with Crippen LogP contribution in [-0.4, -0.2) is 15.3 Å². The first kappa shape index (κ1) is 12.3.